The van der Waals surface area contributed by atoms with E-state index in [-0.39, 0.29) is 25.2 Å². The van der Waals surface area contributed by atoms with Gasteiger partial charge in [0.1, 0.15) is 6.61 Å². The number of carbonyl (C=O) groups is 2. The smallest absolute Gasteiger partial charge is 0.332 e. The molecular formula is C13H16ClNO4. The van der Waals surface area contributed by atoms with Crippen molar-refractivity contribution >= 4 is 23.5 Å². The number of ether oxygens (including phenoxy) is 2. The fourth-order valence-corrected chi connectivity index (χ4v) is 1.65. The second-order valence-electron chi connectivity index (χ2n) is 3.94. The number of rotatable bonds is 6. The lowest BCUT2D eigenvalue weighted by molar-refractivity contribution is -0.152. The molecule has 0 aliphatic carbocycles. The molecule has 1 amide bonds. The molecule has 0 heterocycles. The van der Waals surface area contributed by atoms with Crippen LogP contribution in [0.1, 0.15) is 18.5 Å². The van der Waals surface area contributed by atoms with Gasteiger partial charge in [-0.15, -0.1) is 0 Å². The van der Waals surface area contributed by atoms with E-state index in [2.05, 4.69) is 10.1 Å². The van der Waals surface area contributed by atoms with Gasteiger partial charge in [-0.05, 0) is 24.6 Å². The van der Waals surface area contributed by atoms with E-state index in [1.807, 2.05) is 13.0 Å². The molecule has 0 bridgehead atoms. The van der Waals surface area contributed by atoms with Crippen LogP contribution < -0.4 is 5.32 Å². The zero-order valence-corrected chi connectivity index (χ0v) is 11.6. The largest absolute Gasteiger partial charge is 0.454 e. The fraction of sp³-hybridized carbons (Fsp3) is 0.385. The lowest BCUT2D eigenvalue weighted by atomic mass is 10.1. The maximum atomic E-state index is 11.6. The molecule has 0 radical (unpaired) electrons. The Morgan fingerprint density at radius 2 is 2.11 bits per heavy atom. The number of esters is 1. The maximum absolute atomic E-state index is 11.6. The average Bonchev–Trinajstić information content (AvgIpc) is 2.36. The van der Waals surface area contributed by atoms with E-state index in [0.29, 0.717) is 5.02 Å². The van der Waals surface area contributed by atoms with Gasteiger partial charge >= 0.3 is 5.97 Å². The topological polar surface area (TPSA) is 64.6 Å². The molecule has 0 spiro atoms. The number of amides is 1. The molecule has 1 rings (SSSR count). The first-order valence-electron chi connectivity index (χ1n) is 5.72. The minimum atomic E-state index is -0.576. The predicted molar refractivity (Wildman–Crippen MR) is 70.8 cm³/mol. The van der Waals surface area contributed by atoms with E-state index in [1.165, 1.54) is 7.11 Å². The Kier molecular flexibility index (Phi) is 6.32. The maximum Gasteiger partial charge on any atom is 0.332 e. The number of nitrogens with one attached hydrogen (secondary N) is 1. The molecular weight excluding hydrogens is 270 g/mol. The first kappa shape index (κ1) is 15.5. The number of carbonyl (C=O) groups excluding carboxylic acids is 2. The SMILES string of the molecule is COCC(=O)OCC(=O)N[C@@H](C)c1cccc(Cl)c1. The Hall–Kier alpha value is -1.59. The molecule has 1 atom stereocenters. The first-order chi connectivity index (χ1) is 9.02. The van der Waals surface area contributed by atoms with E-state index in [0.717, 1.165) is 5.56 Å². The van der Waals surface area contributed by atoms with Crippen LogP contribution >= 0.6 is 11.6 Å². The summed E-state index contributed by atoms with van der Waals surface area (Å²) in [6, 6.07) is 6.97. The van der Waals surface area contributed by atoms with Crippen LogP contribution in [-0.2, 0) is 19.1 Å². The summed E-state index contributed by atoms with van der Waals surface area (Å²) in [6.07, 6.45) is 0. The van der Waals surface area contributed by atoms with E-state index in [1.54, 1.807) is 18.2 Å². The summed E-state index contributed by atoms with van der Waals surface area (Å²) >= 11 is 5.87. The van der Waals surface area contributed by atoms with Crippen molar-refractivity contribution < 1.29 is 19.1 Å². The van der Waals surface area contributed by atoms with Crippen LogP contribution in [0.15, 0.2) is 24.3 Å². The molecule has 0 aliphatic heterocycles. The second kappa shape index (κ2) is 7.76. The quantitative estimate of drug-likeness (QED) is 0.808. The van der Waals surface area contributed by atoms with Crippen molar-refractivity contribution in [1.29, 1.82) is 0 Å². The van der Waals surface area contributed by atoms with Gasteiger partial charge in [-0.25, -0.2) is 4.79 Å². The molecule has 0 aromatic heterocycles. The highest BCUT2D eigenvalue weighted by Gasteiger charge is 2.11. The van der Waals surface area contributed by atoms with Crippen molar-refractivity contribution in [2.75, 3.05) is 20.3 Å². The van der Waals surface area contributed by atoms with Crippen LogP contribution in [-0.4, -0.2) is 32.2 Å². The van der Waals surface area contributed by atoms with Gasteiger partial charge in [0.25, 0.3) is 5.91 Å². The standard InChI is InChI=1S/C13H16ClNO4/c1-9(10-4-3-5-11(14)6-10)15-12(16)7-19-13(17)8-18-2/h3-6,9H,7-8H2,1-2H3,(H,15,16)/t9-/m0/s1. The number of benzene rings is 1. The number of methoxy groups -OCH3 is 1. The third-order valence-corrected chi connectivity index (χ3v) is 2.59. The molecule has 0 saturated heterocycles. The minimum Gasteiger partial charge on any atom is -0.454 e. The van der Waals surface area contributed by atoms with Crippen LogP contribution in [0.3, 0.4) is 0 Å². The fourth-order valence-electron chi connectivity index (χ4n) is 1.45. The van der Waals surface area contributed by atoms with Crippen LogP contribution in [0.25, 0.3) is 0 Å². The summed E-state index contributed by atoms with van der Waals surface area (Å²) in [6.45, 7) is 1.32. The van der Waals surface area contributed by atoms with Gasteiger partial charge in [0, 0.05) is 12.1 Å². The highest BCUT2D eigenvalue weighted by atomic mass is 35.5. The third-order valence-electron chi connectivity index (χ3n) is 2.35. The molecule has 104 valence electrons. The van der Waals surface area contributed by atoms with Crippen molar-refractivity contribution in [3.63, 3.8) is 0 Å². The first-order valence-corrected chi connectivity index (χ1v) is 6.10. The number of halogens is 1. The molecule has 1 N–H and O–H groups in total. The number of hydrogen-bond donors (Lipinski definition) is 1. The number of hydrogen-bond acceptors (Lipinski definition) is 4. The van der Waals surface area contributed by atoms with Gasteiger partial charge in [0.05, 0.1) is 6.04 Å². The monoisotopic (exact) mass is 285 g/mol. The third kappa shape index (κ3) is 5.72. The lowest BCUT2D eigenvalue weighted by Crippen LogP contribution is -2.31. The van der Waals surface area contributed by atoms with Crippen molar-refractivity contribution in [1.82, 2.24) is 5.32 Å². The Balaban J connectivity index is 2.42. The zero-order valence-electron chi connectivity index (χ0n) is 10.8. The van der Waals surface area contributed by atoms with Gasteiger partial charge in [-0.1, -0.05) is 23.7 Å². The van der Waals surface area contributed by atoms with Gasteiger partial charge in [0.2, 0.25) is 0 Å². The van der Waals surface area contributed by atoms with Gasteiger partial charge in [0.15, 0.2) is 6.61 Å². The van der Waals surface area contributed by atoms with Crippen molar-refractivity contribution in [3.05, 3.63) is 34.9 Å². The molecule has 0 unspecified atom stereocenters. The van der Waals surface area contributed by atoms with Gasteiger partial charge in [-0.3, -0.25) is 4.79 Å². The summed E-state index contributed by atoms with van der Waals surface area (Å²) in [5.41, 5.74) is 0.879. The summed E-state index contributed by atoms with van der Waals surface area (Å²) in [4.78, 5) is 22.6. The van der Waals surface area contributed by atoms with Crippen LogP contribution in [0.4, 0.5) is 0 Å². The highest BCUT2D eigenvalue weighted by Crippen LogP contribution is 2.17. The van der Waals surface area contributed by atoms with Crippen molar-refractivity contribution in [2.45, 2.75) is 13.0 Å². The van der Waals surface area contributed by atoms with E-state index >= 15 is 0 Å². The molecule has 0 aliphatic rings. The lowest BCUT2D eigenvalue weighted by Gasteiger charge is -2.14. The highest BCUT2D eigenvalue weighted by molar-refractivity contribution is 6.30. The molecule has 1 aromatic rings. The van der Waals surface area contributed by atoms with Crippen molar-refractivity contribution in [2.24, 2.45) is 0 Å². The van der Waals surface area contributed by atoms with E-state index in [9.17, 15) is 9.59 Å². The summed E-state index contributed by atoms with van der Waals surface area (Å²) in [7, 11) is 1.38. The Bertz CT molecular complexity index is 450. The molecule has 19 heavy (non-hydrogen) atoms. The Morgan fingerprint density at radius 3 is 2.74 bits per heavy atom. The summed E-state index contributed by atoms with van der Waals surface area (Å²) in [5, 5.41) is 3.31. The average molecular weight is 286 g/mol. The second-order valence-corrected chi connectivity index (χ2v) is 4.37. The Morgan fingerprint density at radius 1 is 1.37 bits per heavy atom. The molecule has 1 aromatic carbocycles. The van der Waals surface area contributed by atoms with Gasteiger partial charge in [-0.2, -0.15) is 0 Å². The van der Waals surface area contributed by atoms with Crippen LogP contribution in [0.2, 0.25) is 5.02 Å². The molecule has 0 saturated carbocycles. The zero-order chi connectivity index (χ0) is 14.3. The normalized spacial score (nSPS) is 11.7. The summed E-state index contributed by atoms with van der Waals surface area (Å²) < 4.78 is 9.28. The molecule has 6 heteroatoms. The van der Waals surface area contributed by atoms with Crippen molar-refractivity contribution in [3.8, 4) is 0 Å². The summed E-state index contributed by atoms with van der Waals surface area (Å²) in [5.74, 6) is -0.954. The van der Waals surface area contributed by atoms with Gasteiger partial charge < -0.3 is 14.8 Å². The molecule has 5 nitrogen and oxygen atoms in total. The van der Waals surface area contributed by atoms with E-state index in [4.69, 9.17) is 16.3 Å². The van der Waals surface area contributed by atoms with Crippen LogP contribution in [0.5, 0.6) is 0 Å². The minimum absolute atomic E-state index is 0.170. The van der Waals surface area contributed by atoms with Crippen LogP contribution in [0, 0.1) is 0 Å². The Labute approximate surface area is 116 Å². The predicted octanol–water partition coefficient (Wildman–Crippen LogP) is 1.71. The van der Waals surface area contributed by atoms with E-state index < -0.39 is 5.97 Å². The molecule has 0 fully saturated rings.